The van der Waals surface area contributed by atoms with Gasteiger partial charge in [0.05, 0.1) is 17.3 Å². The van der Waals surface area contributed by atoms with Crippen LogP contribution in [0, 0.1) is 0 Å². The predicted molar refractivity (Wildman–Crippen MR) is 88.7 cm³/mol. The maximum atomic E-state index is 12.4. The number of hydrogen-bond acceptors (Lipinski definition) is 5. The molecule has 0 bridgehead atoms. The molecule has 0 saturated carbocycles. The standard InChI is InChI=1S/C15H20N4O3S/c1-17-14-6-4-3-5-12(14)16-13(15(17)20)11-18-7-9-19(10-8-18)23(2,21)22/h3-6H,7-11H2,1-2H3. The van der Waals surface area contributed by atoms with E-state index in [1.807, 2.05) is 24.3 Å². The predicted octanol–water partition coefficient (Wildman–Crippen LogP) is 0.0107. The van der Waals surface area contributed by atoms with Crippen molar-refractivity contribution in [2.45, 2.75) is 6.54 Å². The molecule has 0 radical (unpaired) electrons. The van der Waals surface area contributed by atoms with Crippen LogP contribution in [0.2, 0.25) is 0 Å². The van der Waals surface area contributed by atoms with Crippen molar-refractivity contribution in [3.05, 3.63) is 40.3 Å². The zero-order chi connectivity index (χ0) is 16.6. The van der Waals surface area contributed by atoms with Crippen molar-refractivity contribution in [3.63, 3.8) is 0 Å². The van der Waals surface area contributed by atoms with Gasteiger partial charge in [0.15, 0.2) is 0 Å². The Bertz CT molecular complexity index is 883. The second-order valence-corrected chi connectivity index (χ2v) is 7.83. The summed E-state index contributed by atoms with van der Waals surface area (Å²) in [6, 6.07) is 7.54. The van der Waals surface area contributed by atoms with Gasteiger partial charge in [0.1, 0.15) is 5.69 Å². The lowest BCUT2D eigenvalue weighted by Crippen LogP contribution is -2.48. The Kier molecular flexibility index (Phi) is 4.22. The van der Waals surface area contributed by atoms with E-state index in [4.69, 9.17) is 0 Å². The van der Waals surface area contributed by atoms with Crippen molar-refractivity contribution >= 4 is 21.1 Å². The first kappa shape index (κ1) is 16.1. The number of para-hydroxylation sites is 2. The molecule has 0 amide bonds. The highest BCUT2D eigenvalue weighted by Gasteiger charge is 2.24. The highest BCUT2D eigenvalue weighted by atomic mass is 32.2. The SMILES string of the molecule is Cn1c(=O)c(CN2CCN(S(C)(=O)=O)CC2)nc2ccccc21. The second kappa shape index (κ2) is 6.03. The molecule has 1 aromatic heterocycles. The molecule has 0 atom stereocenters. The number of aryl methyl sites for hydroxylation is 1. The highest BCUT2D eigenvalue weighted by molar-refractivity contribution is 7.88. The zero-order valence-electron chi connectivity index (χ0n) is 13.3. The van der Waals surface area contributed by atoms with Crippen LogP contribution >= 0.6 is 0 Å². The molecule has 0 unspecified atom stereocenters. The average Bonchev–Trinajstić information content (AvgIpc) is 2.52. The largest absolute Gasteiger partial charge is 0.308 e. The van der Waals surface area contributed by atoms with Crippen LogP contribution < -0.4 is 5.56 Å². The summed E-state index contributed by atoms with van der Waals surface area (Å²) in [4.78, 5) is 19.0. The van der Waals surface area contributed by atoms with Crippen LogP contribution in [0.25, 0.3) is 11.0 Å². The molecule has 7 nitrogen and oxygen atoms in total. The van der Waals surface area contributed by atoms with E-state index in [0.29, 0.717) is 38.4 Å². The fourth-order valence-electron chi connectivity index (χ4n) is 2.87. The van der Waals surface area contributed by atoms with E-state index in [9.17, 15) is 13.2 Å². The van der Waals surface area contributed by atoms with Gasteiger partial charge in [-0.1, -0.05) is 12.1 Å². The van der Waals surface area contributed by atoms with Gasteiger partial charge in [0, 0.05) is 39.8 Å². The molecule has 1 aliphatic rings. The molecule has 124 valence electrons. The second-order valence-electron chi connectivity index (χ2n) is 5.85. The third-order valence-corrected chi connectivity index (χ3v) is 5.53. The van der Waals surface area contributed by atoms with E-state index >= 15 is 0 Å². The Hall–Kier alpha value is -1.77. The molecule has 1 aromatic carbocycles. The molecule has 2 aromatic rings. The Morgan fingerprint density at radius 3 is 2.43 bits per heavy atom. The summed E-state index contributed by atoms with van der Waals surface area (Å²) in [6.45, 7) is 2.55. The van der Waals surface area contributed by atoms with E-state index in [1.54, 1.807) is 11.6 Å². The van der Waals surface area contributed by atoms with Crippen LogP contribution in [0.1, 0.15) is 5.69 Å². The maximum absolute atomic E-state index is 12.4. The Labute approximate surface area is 135 Å². The molecule has 0 N–H and O–H groups in total. The number of benzene rings is 1. The normalized spacial score (nSPS) is 17.7. The first-order valence-corrected chi connectivity index (χ1v) is 9.33. The molecule has 1 fully saturated rings. The molecule has 0 aliphatic carbocycles. The van der Waals surface area contributed by atoms with Gasteiger partial charge in [0.2, 0.25) is 10.0 Å². The van der Waals surface area contributed by atoms with E-state index in [0.717, 1.165) is 11.0 Å². The zero-order valence-corrected chi connectivity index (χ0v) is 14.1. The van der Waals surface area contributed by atoms with Gasteiger partial charge >= 0.3 is 0 Å². The number of piperazine rings is 1. The molecule has 8 heteroatoms. The molecular formula is C15H20N4O3S. The van der Waals surface area contributed by atoms with Crippen LogP contribution in [0.3, 0.4) is 0 Å². The number of hydrogen-bond donors (Lipinski definition) is 0. The van der Waals surface area contributed by atoms with Crippen molar-refractivity contribution in [3.8, 4) is 0 Å². The average molecular weight is 336 g/mol. The van der Waals surface area contributed by atoms with Crippen LogP contribution in [0.4, 0.5) is 0 Å². The fraction of sp³-hybridized carbons (Fsp3) is 0.467. The summed E-state index contributed by atoms with van der Waals surface area (Å²) in [6.07, 6.45) is 1.23. The summed E-state index contributed by atoms with van der Waals surface area (Å²) in [7, 11) is -1.39. The van der Waals surface area contributed by atoms with Gasteiger partial charge in [-0.3, -0.25) is 9.69 Å². The van der Waals surface area contributed by atoms with Crippen molar-refractivity contribution < 1.29 is 8.42 Å². The number of nitrogens with zero attached hydrogens (tertiary/aromatic N) is 4. The number of aromatic nitrogens is 2. The lowest BCUT2D eigenvalue weighted by Gasteiger charge is -2.32. The first-order valence-electron chi connectivity index (χ1n) is 7.48. The quantitative estimate of drug-likeness (QED) is 0.789. The number of rotatable bonds is 3. The summed E-state index contributed by atoms with van der Waals surface area (Å²) < 4.78 is 26.2. The summed E-state index contributed by atoms with van der Waals surface area (Å²) in [5, 5.41) is 0. The van der Waals surface area contributed by atoms with Gasteiger partial charge in [-0.15, -0.1) is 0 Å². The van der Waals surface area contributed by atoms with E-state index < -0.39 is 10.0 Å². The molecular weight excluding hydrogens is 316 g/mol. The van der Waals surface area contributed by atoms with Gasteiger partial charge in [-0.2, -0.15) is 4.31 Å². The van der Waals surface area contributed by atoms with Crippen LogP contribution in [-0.4, -0.2) is 59.6 Å². The minimum atomic E-state index is -3.14. The minimum absolute atomic E-state index is 0.103. The molecule has 2 heterocycles. The highest BCUT2D eigenvalue weighted by Crippen LogP contribution is 2.11. The minimum Gasteiger partial charge on any atom is -0.308 e. The van der Waals surface area contributed by atoms with Crippen molar-refractivity contribution in [1.29, 1.82) is 0 Å². The Balaban J connectivity index is 1.81. The van der Waals surface area contributed by atoms with Crippen molar-refractivity contribution in [2.24, 2.45) is 7.05 Å². The van der Waals surface area contributed by atoms with Crippen LogP contribution in [0.5, 0.6) is 0 Å². The van der Waals surface area contributed by atoms with E-state index in [-0.39, 0.29) is 5.56 Å². The topological polar surface area (TPSA) is 75.5 Å². The van der Waals surface area contributed by atoms with Gasteiger partial charge in [-0.25, -0.2) is 13.4 Å². The Morgan fingerprint density at radius 1 is 1.13 bits per heavy atom. The fourth-order valence-corrected chi connectivity index (χ4v) is 3.70. The van der Waals surface area contributed by atoms with Crippen molar-refractivity contribution in [2.75, 3.05) is 32.4 Å². The lowest BCUT2D eigenvalue weighted by atomic mass is 10.2. The summed E-state index contributed by atoms with van der Waals surface area (Å²) >= 11 is 0. The van der Waals surface area contributed by atoms with Crippen LogP contribution in [-0.2, 0) is 23.6 Å². The van der Waals surface area contributed by atoms with Gasteiger partial charge in [0.25, 0.3) is 5.56 Å². The molecule has 1 aliphatic heterocycles. The molecule has 0 spiro atoms. The molecule has 3 rings (SSSR count). The molecule has 1 saturated heterocycles. The van der Waals surface area contributed by atoms with Crippen LogP contribution in [0.15, 0.2) is 29.1 Å². The summed E-state index contributed by atoms with van der Waals surface area (Å²) in [5.41, 5.74) is 2.00. The third-order valence-electron chi connectivity index (χ3n) is 4.22. The van der Waals surface area contributed by atoms with Crippen molar-refractivity contribution in [1.82, 2.24) is 18.8 Å². The lowest BCUT2D eigenvalue weighted by molar-refractivity contribution is 0.180. The van der Waals surface area contributed by atoms with Gasteiger partial charge in [-0.05, 0) is 12.1 Å². The van der Waals surface area contributed by atoms with E-state index in [2.05, 4.69) is 9.88 Å². The monoisotopic (exact) mass is 336 g/mol. The van der Waals surface area contributed by atoms with Gasteiger partial charge < -0.3 is 4.57 Å². The molecule has 23 heavy (non-hydrogen) atoms. The first-order chi connectivity index (χ1) is 10.9. The smallest absolute Gasteiger partial charge is 0.273 e. The maximum Gasteiger partial charge on any atom is 0.273 e. The van der Waals surface area contributed by atoms with E-state index in [1.165, 1.54) is 10.6 Å². The Morgan fingerprint density at radius 2 is 1.78 bits per heavy atom. The third kappa shape index (κ3) is 3.29. The number of sulfonamides is 1. The summed E-state index contributed by atoms with van der Waals surface area (Å²) in [5.74, 6) is 0. The number of fused-ring (bicyclic) bond motifs is 1.